The Kier molecular flexibility index (Phi) is 6.40. The summed E-state index contributed by atoms with van der Waals surface area (Å²) < 4.78 is 5.23. The van der Waals surface area contributed by atoms with Crippen LogP contribution < -0.4 is 10.6 Å². The van der Waals surface area contributed by atoms with Crippen LogP contribution in [0.3, 0.4) is 0 Å². The molecule has 0 bridgehead atoms. The van der Waals surface area contributed by atoms with Crippen LogP contribution in [0.5, 0.6) is 0 Å². The Morgan fingerprint density at radius 2 is 1.87 bits per heavy atom. The summed E-state index contributed by atoms with van der Waals surface area (Å²) in [5.41, 5.74) is 1.45. The molecule has 1 unspecified atom stereocenters. The molecule has 1 aliphatic rings. The third kappa shape index (κ3) is 5.25. The highest BCUT2D eigenvalue weighted by molar-refractivity contribution is 5.94. The molecular weight excluding hydrogens is 294 g/mol. The summed E-state index contributed by atoms with van der Waals surface area (Å²) in [4.78, 5) is 25.8. The Labute approximate surface area is 137 Å². The van der Waals surface area contributed by atoms with Gasteiger partial charge in [0, 0.05) is 30.4 Å². The molecule has 2 amide bonds. The van der Waals surface area contributed by atoms with Crippen LogP contribution >= 0.6 is 0 Å². The maximum absolute atomic E-state index is 12.0. The third-order valence-electron chi connectivity index (χ3n) is 3.94. The Morgan fingerprint density at radius 3 is 2.48 bits per heavy atom. The van der Waals surface area contributed by atoms with Crippen molar-refractivity contribution in [1.82, 2.24) is 10.2 Å². The molecule has 1 aromatic carbocycles. The molecule has 0 spiro atoms. The fourth-order valence-electron chi connectivity index (χ4n) is 2.25. The maximum atomic E-state index is 12.0. The van der Waals surface area contributed by atoms with E-state index in [1.54, 1.807) is 17.0 Å². The second-order valence-corrected chi connectivity index (χ2v) is 5.71. The Morgan fingerprint density at radius 1 is 1.22 bits per heavy atom. The lowest BCUT2D eigenvalue weighted by molar-refractivity contribution is -0.133. The van der Waals surface area contributed by atoms with E-state index < -0.39 is 0 Å². The van der Waals surface area contributed by atoms with Crippen molar-refractivity contribution in [2.75, 3.05) is 38.2 Å². The van der Waals surface area contributed by atoms with Gasteiger partial charge in [-0.25, -0.2) is 0 Å². The highest BCUT2D eigenvalue weighted by Gasteiger charge is 2.16. The molecule has 2 N–H and O–H groups in total. The number of hydrogen-bond donors (Lipinski definition) is 2. The lowest BCUT2D eigenvalue weighted by atomic mass is 10.1. The number of nitrogens with one attached hydrogen (secondary N) is 2. The number of benzene rings is 1. The summed E-state index contributed by atoms with van der Waals surface area (Å²) in [6.07, 6.45) is 0.898. The van der Waals surface area contributed by atoms with Gasteiger partial charge in [0.2, 0.25) is 5.91 Å². The van der Waals surface area contributed by atoms with E-state index in [-0.39, 0.29) is 24.4 Å². The molecule has 0 aromatic heterocycles. The van der Waals surface area contributed by atoms with Crippen LogP contribution in [0.1, 0.15) is 30.6 Å². The predicted molar refractivity (Wildman–Crippen MR) is 89.5 cm³/mol. The molecule has 1 atom stereocenters. The smallest absolute Gasteiger partial charge is 0.251 e. The van der Waals surface area contributed by atoms with Gasteiger partial charge in [0.15, 0.2) is 0 Å². The van der Waals surface area contributed by atoms with E-state index in [1.165, 1.54) is 0 Å². The fraction of sp³-hybridized carbons (Fsp3) is 0.529. The number of carbonyl (C=O) groups excluding carboxylic acids is 2. The molecule has 2 rings (SSSR count). The molecular formula is C17H25N3O3. The Bertz CT molecular complexity index is 524. The summed E-state index contributed by atoms with van der Waals surface area (Å²) in [6, 6.07) is 7.32. The topological polar surface area (TPSA) is 70.7 Å². The molecule has 1 heterocycles. The van der Waals surface area contributed by atoms with Gasteiger partial charge in [-0.05, 0) is 37.6 Å². The zero-order valence-electron chi connectivity index (χ0n) is 13.8. The van der Waals surface area contributed by atoms with E-state index >= 15 is 0 Å². The van der Waals surface area contributed by atoms with Crippen molar-refractivity contribution >= 4 is 17.5 Å². The zero-order valence-corrected chi connectivity index (χ0v) is 13.8. The third-order valence-corrected chi connectivity index (χ3v) is 3.94. The second-order valence-electron chi connectivity index (χ2n) is 5.71. The number of amides is 2. The average molecular weight is 319 g/mol. The van der Waals surface area contributed by atoms with Crippen molar-refractivity contribution in [3.8, 4) is 0 Å². The monoisotopic (exact) mass is 319 g/mol. The van der Waals surface area contributed by atoms with Gasteiger partial charge in [-0.2, -0.15) is 0 Å². The standard InChI is InChI=1S/C17H25N3O3/c1-3-13(2)19-17(22)14-4-6-15(7-5-14)18-12-16(21)20-8-10-23-11-9-20/h4-7,13,18H,3,8-12H2,1-2H3,(H,19,22). The highest BCUT2D eigenvalue weighted by Crippen LogP contribution is 2.10. The number of hydrogen-bond acceptors (Lipinski definition) is 4. The molecule has 1 saturated heterocycles. The summed E-state index contributed by atoms with van der Waals surface area (Å²) >= 11 is 0. The van der Waals surface area contributed by atoms with Gasteiger partial charge in [-0.3, -0.25) is 9.59 Å². The second kappa shape index (κ2) is 8.53. The van der Waals surface area contributed by atoms with Crippen LogP contribution in [0, 0.1) is 0 Å². The number of ether oxygens (including phenoxy) is 1. The molecule has 0 radical (unpaired) electrons. The van der Waals surface area contributed by atoms with Gasteiger partial charge in [0.25, 0.3) is 5.91 Å². The Hall–Kier alpha value is -2.08. The van der Waals surface area contributed by atoms with Crippen LogP contribution in [0.4, 0.5) is 5.69 Å². The highest BCUT2D eigenvalue weighted by atomic mass is 16.5. The first-order chi connectivity index (χ1) is 11.1. The molecule has 126 valence electrons. The Balaban J connectivity index is 1.82. The minimum Gasteiger partial charge on any atom is -0.378 e. The van der Waals surface area contributed by atoms with Crippen molar-refractivity contribution in [2.45, 2.75) is 26.3 Å². The SMILES string of the molecule is CCC(C)NC(=O)c1ccc(NCC(=O)N2CCOCC2)cc1. The molecule has 6 nitrogen and oxygen atoms in total. The van der Waals surface area contributed by atoms with Crippen LogP contribution in [0.15, 0.2) is 24.3 Å². The van der Waals surface area contributed by atoms with Crippen molar-refractivity contribution in [1.29, 1.82) is 0 Å². The summed E-state index contributed by atoms with van der Waals surface area (Å²) in [5, 5.41) is 6.02. The van der Waals surface area contributed by atoms with E-state index in [0.29, 0.717) is 31.9 Å². The van der Waals surface area contributed by atoms with Gasteiger partial charge >= 0.3 is 0 Å². The minimum atomic E-state index is -0.0738. The van der Waals surface area contributed by atoms with Gasteiger partial charge in [-0.1, -0.05) is 6.92 Å². The average Bonchev–Trinajstić information content (AvgIpc) is 2.60. The van der Waals surface area contributed by atoms with E-state index in [9.17, 15) is 9.59 Å². The van der Waals surface area contributed by atoms with Crippen LogP contribution in [-0.2, 0) is 9.53 Å². The first kappa shape index (κ1) is 17.3. The summed E-state index contributed by atoms with van der Waals surface area (Å²) in [7, 11) is 0. The molecule has 1 aliphatic heterocycles. The quantitative estimate of drug-likeness (QED) is 0.833. The van der Waals surface area contributed by atoms with E-state index in [0.717, 1.165) is 12.1 Å². The normalized spacial score (nSPS) is 15.8. The molecule has 0 saturated carbocycles. The van der Waals surface area contributed by atoms with Gasteiger partial charge < -0.3 is 20.3 Å². The van der Waals surface area contributed by atoms with E-state index in [2.05, 4.69) is 10.6 Å². The van der Waals surface area contributed by atoms with Gasteiger partial charge in [0.05, 0.1) is 19.8 Å². The van der Waals surface area contributed by atoms with Crippen molar-refractivity contribution in [2.24, 2.45) is 0 Å². The molecule has 0 aliphatic carbocycles. The predicted octanol–water partition coefficient (Wildman–Crippen LogP) is 1.49. The van der Waals surface area contributed by atoms with Crippen molar-refractivity contribution in [3.05, 3.63) is 29.8 Å². The largest absolute Gasteiger partial charge is 0.378 e. The number of nitrogens with zero attached hydrogens (tertiary/aromatic N) is 1. The number of morpholine rings is 1. The van der Waals surface area contributed by atoms with Crippen molar-refractivity contribution in [3.63, 3.8) is 0 Å². The van der Waals surface area contributed by atoms with Crippen LogP contribution in [-0.4, -0.2) is 55.6 Å². The maximum Gasteiger partial charge on any atom is 0.251 e. The van der Waals surface area contributed by atoms with E-state index in [1.807, 2.05) is 26.0 Å². The van der Waals surface area contributed by atoms with E-state index in [4.69, 9.17) is 4.74 Å². The number of carbonyl (C=O) groups is 2. The lowest BCUT2D eigenvalue weighted by Crippen LogP contribution is -2.43. The molecule has 23 heavy (non-hydrogen) atoms. The van der Waals surface area contributed by atoms with Crippen LogP contribution in [0.2, 0.25) is 0 Å². The zero-order chi connectivity index (χ0) is 16.7. The van der Waals surface area contributed by atoms with Crippen LogP contribution in [0.25, 0.3) is 0 Å². The van der Waals surface area contributed by atoms with Gasteiger partial charge in [0.1, 0.15) is 0 Å². The molecule has 6 heteroatoms. The molecule has 1 aromatic rings. The first-order valence-electron chi connectivity index (χ1n) is 8.10. The van der Waals surface area contributed by atoms with Crippen molar-refractivity contribution < 1.29 is 14.3 Å². The summed E-state index contributed by atoms with van der Waals surface area (Å²) in [6.45, 7) is 6.76. The minimum absolute atomic E-state index is 0.0619. The molecule has 1 fully saturated rings. The fourth-order valence-corrected chi connectivity index (χ4v) is 2.25. The van der Waals surface area contributed by atoms with Gasteiger partial charge in [-0.15, -0.1) is 0 Å². The number of rotatable bonds is 6. The summed E-state index contributed by atoms with van der Waals surface area (Å²) in [5.74, 6) is -0.0119. The number of anilines is 1. The lowest BCUT2D eigenvalue weighted by Gasteiger charge is -2.27. The first-order valence-corrected chi connectivity index (χ1v) is 8.10.